The fourth-order valence-electron chi connectivity index (χ4n) is 1.49. The molecule has 0 spiro atoms. The van der Waals surface area contributed by atoms with Crippen molar-refractivity contribution < 1.29 is 5.11 Å². The molecule has 0 saturated heterocycles. The first-order chi connectivity index (χ1) is 7.27. The van der Waals surface area contributed by atoms with Gasteiger partial charge in [-0.15, -0.1) is 0 Å². The molecule has 2 aromatic rings. The van der Waals surface area contributed by atoms with Gasteiger partial charge in [0.1, 0.15) is 0 Å². The third-order valence-electron chi connectivity index (χ3n) is 2.33. The first kappa shape index (κ1) is 9.87. The van der Waals surface area contributed by atoms with Crippen molar-refractivity contribution in [3.63, 3.8) is 0 Å². The Labute approximate surface area is 89.2 Å². The molecule has 0 amide bonds. The van der Waals surface area contributed by atoms with Crippen molar-refractivity contribution in [3.8, 4) is 11.3 Å². The summed E-state index contributed by atoms with van der Waals surface area (Å²) in [5, 5.41) is 9.47. The zero-order valence-corrected chi connectivity index (χ0v) is 8.59. The maximum atomic E-state index is 9.47. The molecule has 15 heavy (non-hydrogen) atoms. The van der Waals surface area contributed by atoms with E-state index in [0.29, 0.717) is 0 Å². The number of hydrogen-bond acceptors (Lipinski definition) is 2. The Kier molecular flexibility index (Phi) is 2.79. The number of benzene rings is 1. The summed E-state index contributed by atoms with van der Waals surface area (Å²) in [6, 6.07) is 13.6. The Morgan fingerprint density at radius 1 is 1.13 bits per heavy atom. The highest BCUT2D eigenvalue weighted by Crippen LogP contribution is 2.20. The van der Waals surface area contributed by atoms with Gasteiger partial charge in [0.25, 0.3) is 0 Å². The SMILES string of the molecule is C[C@H](O)c1cccc(-c2ccccn2)c1. The van der Waals surface area contributed by atoms with E-state index in [0.717, 1.165) is 16.8 Å². The number of rotatable bonds is 2. The van der Waals surface area contributed by atoms with E-state index in [1.165, 1.54) is 0 Å². The molecule has 0 radical (unpaired) electrons. The molecule has 0 saturated carbocycles. The standard InChI is InChI=1S/C13H13NO/c1-10(15)11-5-4-6-12(9-11)13-7-2-3-8-14-13/h2-10,15H,1H3/t10-/m0/s1. The summed E-state index contributed by atoms with van der Waals surface area (Å²) in [7, 11) is 0. The van der Waals surface area contributed by atoms with Gasteiger partial charge in [-0.05, 0) is 30.7 Å². The maximum Gasteiger partial charge on any atom is 0.0762 e. The largest absolute Gasteiger partial charge is 0.389 e. The molecule has 0 bridgehead atoms. The Hall–Kier alpha value is -1.67. The van der Waals surface area contributed by atoms with Gasteiger partial charge in [0.05, 0.1) is 11.8 Å². The van der Waals surface area contributed by atoms with Gasteiger partial charge in [-0.25, -0.2) is 0 Å². The van der Waals surface area contributed by atoms with E-state index in [1.54, 1.807) is 13.1 Å². The number of aromatic nitrogens is 1. The molecule has 0 fully saturated rings. The third kappa shape index (κ3) is 2.22. The van der Waals surface area contributed by atoms with Crippen LogP contribution in [0.2, 0.25) is 0 Å². The van der Waals surface area contributed by atoms with Crippen molar-refractivity contribution in [2.45, 2.75) is 13.0 Å². The molecule has 1 aromatic carbocycles. The van der Waals surface area contributed by atoms with Gasteiger partial charge in [0.2, 0.25) is 0 Å². The molecule has 1 atom stereocenters. The number of aliphatic hydroxyl groups is 1. The summed E-state index contributed by atoms with van der Waals surface area (Å²) in [5.41, 5.74) is 2.88. The second-order valence-corrected chi connectivity index (χ2v) is 3.52. The van der Waals surface area contributed by atoms with Crippen LogP contribution >= 0.6 is 0 Å². The van der Waals surface area contributed by atoms with Crippen LogP contribution in [0.5, 0.6) is 0 Å². The minimum absolute atomic E-state index is 0.436. The van der Waals surface area contributed by atoms with E-state index >= 15 is 0 Å². The number of nitrogens with zero attached hydrogens (tertiary/aromatic N) is 1. The quantitative estimate of drug-likeness (QED) is 0.806. The van der Waals surface area contributed by atoms with E-state index in [2.05, 4.69) is 4.98 Å². The minimum Gasteiger partial charge on any atom is -0.389 e. The lowest BCUT2D eigenvalue weighted by Crippen LogP contribution is -1.91. The van der Waals surface area contributed by atoms with Crippen molar-refractivity contribution >= 4 is 0 Å². The molecule has 1 N–H and O–H groups in total. The molecule has 2 nitrogen and oxygen atoms in total. The third-order valence-corrected chi connectivity index (χ3v) is 2.33. The summed E-state index contributed by atoms with van der Waals surface area (Å²) in [6.07, 6.45) is 1.33. The molecule has 76 valence electrons. The first-order valence-corrected chi connectivity index (χ1v) is 4.97. The molecular formula is C13H13NO. The van der Waals surface area contributed by atoms with Gasteiger partial charge in [0, 0.05) is 11.8 Å². The maximum absolute atomic E-state index is 9.47. The second kappa shape index (κ2) is 4.24. The zero-order chi connectivity index (χ0) is 10.7. The predicted molar refractivity (Wildman–Crippen MR) is 60.3 cm³/mol. The van der Waals surface area contributed by atoms with Gasteiger partial charge >= 0.3 is 0 Å². The Bertz CT molecular complexity index is 437. The van der Waals surface area contributed by atoms with Crippen LogP contribution in [-0.2, 0) is 0 Å². The minimum atomic E-state index is -0.436. The summed E-state index contributed by atoms with van der Waals surface area (Å²) in [5.74, 6) is 0. The fraction of sp³-hybridized carbons (Fsp3) is 0.154. The molecule has 0 unspecified atom stereocenters. The van der Waals surface area contributed by atoms with Crippen LogP contribution in [-0.4, -0.2) is 10.1 Å². The monoisotopic (exact) mass is 199 g/mol. The molecule has 2 heteroatoms. The molecule has 0 aliphatic heterocycles. The van der Waals surface area contributed by atoms with Crippen LogP contribution in [0.3, 0.4) is 0 Å². The van der Waals surface area contributed by atoms with Crippen molar-refractivity contribution in [2.24, 2.45) is 0 Å². The van der Waals surface area contributed by atoms with Crippen molar-refractivity contribution in [1.82, 2.24) is 4.98 Å². The summed E-state index contributed by atoms with van der Waals surface area (Å²) < 4.78 is 0. The van der Waals surface area contributed by atoms with Crippen LogP contribution in [0.15, 0.2) is 48.7 Å². The van der Waals surface area contributed by atoms with Crippen molar-refractivity contribution in [3.05, 3.63) is 54.2 Å². The Morgan fingerprint density at radius 3 is 2.67 bits per heavy atom. The summed E-state index contributed by atoms with van der Waals surface area (Å²) in [6.45, 7) is 1.76. The lowest BCUT2D eigenvalue weighted by Gasteiger charge is -2.06. The van der Waals surface area contributed by atoms with Gasteiger partial charge < -0.3 is 5.11 Å². The van der Waals surface area contributed by atoms with Crippen LogP contribution in [0.1, 0.15) is 18.6 Å². The topological polar surface area (TPSA) is 33.1 Å². The van der Waals surface area contributed by atoms with Crippen LogP contribution in [0.4, 0.5) is 0 Å². The number of aliphatic hydroxyl groups excluding tert-OH is 1. The molecule has 1 aromatic heterocycles. The average Bonchev–Trinajstić information content (AvgIpc) is 2.30. The van der Waals surface area contributed by atoms with Gasteiger partial charge in [-0.1, -0.05) is 24.3 Å². The van der Waals surface area contributed by atoms with Crippen molar-refractivity contribution in [2.75, 3.05) is 0 Å². The van der Waals surface area contributed by atoms with E-state index in [-0.39, 0.29) is 0 Å². The lowest BCUT2D eigenvalue weighted by molar-refractivity contribution is 0.199. The van der Waals surface area contributed by atoms with Crippen LogP contribution in [0.25, 0.3) is 11.3 Å². The average molecular weight is 199 g/mol. The van der Waals surface area contributed by atoms with Gasteiger partial charge in [0.15, 0.2) is 0 Å². The molecule has 2 rings (SSSR count). The number of hydrogen-bond donors (Lipinski definition) is 1. The van der Waals surface area contributed by atoms with Crippen LogP contribution in [0, 0.1) is 0 Å². The predicted octanol–water partition coefficient (Wildman–Crippen LogP) is 2.80. The molecule has 0 aliphatic rings. The highest BCUT2D eigenvalue weighted by Gasteiger charge is 2.03. The molecule has 0 aliphatic carbocycles. The van der Waals surface area contributed by atoms with E-state index in [4.69, 9.17) is 0 Å². The molecular weight excluding hydrogens is 186 g/mol. The highest BCUT2D eigenvalue weighted by molar-refractivity contribution is 5.59. The van der Waals surface area contributed by atoms with E-state index in [1.807, 2.05) is 42.5 Å². The normalized spacial score (nSPS) is 12.4. The Morgan fingerprint density at radius 2 is 2.00 bits per heavy atom. The van der Waals surface area contributed by atoms with E-state index in [9.17, 15) is 5.11 Å². The summed E-state index contributed by atoms with van der Waals surface area (Å²) in [4.78, 5) is 4.27. The zero-order valence-electron chi connectivity index (χ0n) is 8.59. The van der Waals surface area contributed by atoms with E-state index < -0.39 is 6.10 Å². The van der Waals surface area contributed by atoms with Gasteiger partial charge in [-0.3, -0.25) is 4.98 Å². The summed E-state index contributed by atoms with van der Waals surface area (Å²) >= 11 is 0. The van der Waals surface area contributed by atoms with Crippen LogP contribution < -0.4 is 0 Å². The Balaban J connectivity index is 2.42. The number of pyridine rings is 1. The second-order valence-electron chi connectivity index (χ2n) is 3.52. The smallest absolute Gasteiger partial charge is 0.0762 e. The fourth-order valence-corrected chi connectivity index (χ4v) is 1.49. The van der Waals surface area contributed by atoms with Gasteiger partial charge in [-0.2, -0.15) is 0 Å². The first-order valence-electron chi connectivity index (χ1n) is 4.97. The molecule has 1 heterocycles. The highest BCUT2D eigenvalue weighted by atomic mass is 16.3. The lowest BCUT2D eigenvalue weighted by atomic mass is 10.0. The van der Waals surface area contributed by atoms with Crippen molar-refractivity contribution in [1.29, 1.82) is 0 Å².